The van der Waals surface area contributed by atoms with Crippen LogP contribution >= 0.6 is 23.2 Å². The molecule has 2 aromatic carbocycles. The minimum Gasteiger partial charge on any atom is -0.462 e. The molecule has 35 heavy (non-hydrogen) atoms. The van der Waals surface area contributed by atoms with Crippen molar-refractivity contribution in [2.75, 3.05) is 19.7 Å². The lowest BCUT2D eigenvalue weighted by Crippen LogP contribution is -2.45. The van der Waals surface area contributed by atoms with Crippen molar-refractivity contribution in [3.63, 3.8) is 0 Å². The molecule has 0 saturated carbocycles. The second-order valence-corrected chi connectivity index (χ2v) is 9.41. The van der Waals surface area contributed by atoms with Gasteiger partial charge in [-0.05, 0) is 69.5 Å². The molecule has 1 aliphatic rings. The van der Waals surface area contributed by atoms with E-state index in [0.29, 0.717) is 38.1 Å². The fourth-order valence-corrected chi connectivity index (χ4v) is 4.81. The second kappa shape index (κ2) is 10.8. The number of carbonyl (C=O) groups is 2. The molecule has 9 heteroatoms. The molecular weight excluding hydrogens is 487 g/mol. The highest BCUT2D eigenvalue weighted by Gasteiger charge is 2.26. The highest BCUT2D eigenvalue weighted by atomic mass is 35.5. The summed E-state index contributed by atoms with van der Waals surface area (Å²) in [5, 5.41) is 7.63. The lowest BCUT2D eigenvalue weighted by atomic mass is 10.0. The Morgan fingerprint density at radius 1 is 1.06 bits per heavy atom. The summed E-state index contributed by atoms with van der Waals surface area (Å²) in [6.07, 6.45) is 3.26. The molecule has 0 spiro atoms. The van der Waals surface area contributed by atoms with Gasteiger partial charge in [0.25, 0.3) is 5.91 Å². The number of hydrogen-bond acceptors (Lipinski definition) is 5. The molecule has 0 unspecified atom stereocenters. The Morgan fingerprint density at radius 2 is 1.80 bits per heavy atom. The minimum atomic E-state index is -0.443. The highest BCUT2D eigenvalue weighted by molar-refractivity contribution is 6.33. The van der Waals surface area contributed by atoms with Gasteiger partial charge >= 0.3 is 5.97 Å². The van der Waals surface area contributed by atoms with Crippen molar-refractivity contribution in [1.82, 2.24) is 20.2 Å². The average Bonchev–Trinajstić information content (AvgIpc) is 3.16. The molecule has 0 aliphatic carbocycles. The van der Waals surface area contributed by atoms with Crippen LogP contribution in [0.1, 0.15) is 58.2 Å². The molecule has 0 atom stereocenters. The topological polar surface area (TPSA) is 76.5 Å². The number of hydrazine groups is 1. The molecule has 4 rings (SSSR count). The maximum atomic E-state index is 13.3. The van der Waals surface area contributed by atoms with E-state index in [-0.39, 0.29) is 12.5 Å². The maximum Gasteiger partial charge on any atom is 0.338 e. The molecule has 1 amide bonds. The summed E-state index contributed by atoms with van der Waals surface area (Å²) in [7, 11) is 0. The zero-order chi connectivity index (χ0) is 25.1. The molecule has 1 N–H and O–H groups in total. The lowest BCUT2D eigenvalue weighted by Gasteiger charge is -2.26. The zero-order valence-corrected chi connectivity index (χ0v) is 21.5. The molecule has 1 fully saturated rings. The third-order valence-corrected chi connectivity index (χ3v) is 6.62. The van der Waals surface area contributed by atoms with E-state index < -0.39 is 5.97 Å². The summed E-state index contributed by atoms with van der Waals surface area (Å²) in [6.45, 7) is 7.44. The van der Waals surface area contributed by atoms with Crippen LogP contribution in [0.4, 0.5) is 0 Å². The van der Waals surface area contributed by atoms with Gasteiger partial charge in [0.1, 0.15) is 0 Å². The first kappa shape index (κ1) is 25.2. The summed E-state index contributed by atoms with van der Waals surface area (Å²) in [6, 6.07) is 10.5. The van der Waals surface area contributed by atoms with E-state index in [9.17, 15) is 9.59 Å². The van der Waals surface area contributed by atoms with Gasteiger partial charge in [0.15, 0.2) is 5.69 Å². The largest absolute Gasteiger partial charge is 0.462 e. The minimum absolute atomic E-state index is 0.268. The van der Waals surface area contributed by atoms with E-state index in [1.807, 2.05) is 31.0 Å². The van der Waals surface area contributed by atoms with Crippen LogP contribution in [-0.4, -0.2) is 46.4 Å². The summed E-state index contributed by atoms with van der Waals surface area (Å²) >= 11 is 12.9. The van der Waals surface area contributed by atoms with Gasteiger partial charge in [-0.15, -0.1) is 0 Å². The Labute approximate surface area is 214 Å². The Kier molecular flexibility index (Phi) is 7.79. The van der Waals surface area contributed by atoms with Gasteiger partial charge in [0.2, 0.25) is 0 Å². The molecule has 1 aliphatic heterocycles. The zero-order valence-electron chi connectivity index (χ0n) is 20.0. The predicted molar refractivity (Wildman–Crippen MR) is 137 cm³/mol. The van der Waals surface area contributed by atoms with Crippen LogP contribution in [0.3, 0.4) is 0 Å². The third kappa shape index (κ3) is 5.37. The van der Waals surface area contributed by atoms with Gasteiger partial charge in [-0.1, -0.05) is 35.7 Å². The normalized spacial score (nSPS) is 14.1. The van der Waals surface area contributed by atoms with Crippen LogP contribution in [-0.2, 0) is 4.74 Å². The number of carbonyl (C=O) groups excluding carboxylic acids is 2. The van der Waals surface area contributed by atoms with Gasteiger partial charge in [-0.2, -0.15) is 5.10 Å². The van der Waals surface area contributed by atoms with Gasteiger partial charge in [0.05, 0.1) is 28.6 Å². The molecule has 3 aromatic rings. The molecule has 0 radical (unpaired) electrons. The lowest BCUT2D eigenvalue weighted by molar-refractivity contribution is 0.0526. The van der Waals surface area contributed by atoms with Crippen LogP contribution in [0.15, 0.2) is 36.4 Å². The summed E-state index contributed by atoms with van der Waals surface area (Å²) in [4.78, 5) is 25.4. The summed E-state index contributed by atoms with van der Waals surface area (Å²) < 4.78 is 6.81. The number of piperidine rings is 1. The number of nitrogens with zero attached hydrogens (tertiary/aromatic N) is 3. The van der Waals surface area contributed by atoms with Crippen LogP contribution in [0.2, 0.25) is 10.0 Å². The number of aromatic nitrogens is 2. The standard InChI is InChI=1S/C26H28Cl2N4O3/c1-4-35-26(34)18-8-10-20(21(28)15-18)24-17(3)23(25(33)30-31-12-6-5-7-13-31)29-32(24)22-11-9-19(27)14-16(22)2/h8-11,14-15H,4-7,12-13H2,1-3H3,(H,30,33). The molecular formula is C26H28Cl2N4O3. The van der Waals surface area contributed by atoms with Crippen molar-refractivity contribution in [3.8, 4) is 16.9 Å². The van der Waals surface area contributed by atoms with Crippen LogP contribution in [0, 0.1) is 13.8 Å². The Bertz CT molecular complexity index is 1270. The van der Waals surface area contributed by atoms with Gasteiger partial charge < -0.3 is 4.74 Å². The number of benzene rings is 2. The first-order chi connectivity index (χ1) is 16.8. The maximum absolute atomic E-state index is 13.3. The van der Waals surface area contributed by atoms with E-state index in [0.717, 1.165) is 37.2 Å². The van der Waals surface area contributed by atoms with Crippen molar-refractivity contribution < 1.29 is 14.3 Å². The van der Waals surface area contributed by atoms with E-state index in [2.05, 4.69) is 5.43 Å². The average molecular weight is 515 g/mol. The highest BCUT2D eigenvalue weighted by Crippen LogP contribution is 2.35. The Morgan fingerprint density at radius 3 is 2.46 bits per heavy atom. The van der Waals surface area contributed by atoms with Crippen LogP contribution < -0.4 is 5.43 Å². The fraction of sp³-hybridized carbons (Fsp3) is 0.346. The molecule has 7 nitrogen and oxygen atoms in total. The summed E-state index contributed by atoms with van der Waals surface area (Å²) in [5.41, 5.74) is 7.33. The molecule has 1 saturated heterocycles. The molecule has 0 bridgehead atoms. The van der Waals surface area contributed by atoms with Crippen molar-refractivity contribution >= 4 is 35.1 Å². The Hall–Kier alpha value is -2.87. The number of esters is 1. The van der Waals surface area contributed by atoms with E-state index >= 15 is 0 Å². The first-order valence-corrected chi connectivity index (χ1v) is 12.4. The van der Waals surface area contributed by atoms with Gasteiger partial charge in [-0.3, -0.25) is 10.2 Å². The number of amides is 1. The smallest absolute Gasteiger partial charge is 0.338 e. The van der Waals surface area contributed by atoms with Crippen molar-refractivity contribution in [3.05, 3.63) is 68.8 Å². The van der Waals surface area contributed by atoms with Crippen molar-refractivity contribution in [2.24, 2.45) is 0 Å². The van der Waals surface area contributed by atoms with Crippen molar-refractivity contribution in [2.45, 2.75) is 40.0 Å². The van der Waals surface area contributed by atoms with Crippen LogP contribution in [0.5, 0.6) is 0 Å². The number of nitrogens with one attached hydrogen (secondary N) is 1. The number of hydrogen-bond donors (Lipinski definition) is 1. The van der Waals surface area contributed by atoms with Gasteiger partial charge in [-0.25, -0.2) is 14.5 Å². The number of aryl methyl sites for hydroxylation is 1. The van der Waals surface area contributed by atoms with Gasteiger partial charge in [0, 0.05) is 29.2 Å². The molecule has 2 heterocycles. The molecule has 1 aromatic heterocycles. The SMILES string of the molecule is CCOC(=O)c1ccc(-c2c(C)c(C(=O)NN3CCCCC3)nn2-c2ccc(Cl)cc2C)c(Cl)c1. The van der Waals surface area contributed by atoms with E-state index in [4.69, 9.17) is 33.0 Å². The van der Waals surface area contributed by atoms with E-state index in [1.54, 1.807) is 35.9 Å². The molecule has 184 valence electrons. The van der Waals surface area contributed by atoms with Crippen LogP contribution in [0.25, 0.3) is 16.9 Å². The summed E-state index contributed by atoms with van der Waals surface area (Å²) in [5.74, 6) is -0.711. The quantitative estimate of drug-likeness (QED) is 0.422. The second-order valence-electron chi connectivity index (χ2n) is 8.57. The number of halogens is 2. The third-order valence-electron chi connectivity index (χ3n) is 6.08. The first-order valence-electron chi connectivity index (χ1n) is 11.7. The predicted octanol–water partition coefficient (Wildman–Crippen LogP) is 5.77. The van der Waals surface area contributed by atoms with E-state index in [1.165, 1.54) is 6.42 Å². The Balaban J connectivity index is 1.82. The number of ether oxygens (including phenoxy) is 1. The van der Waals surface area contributed by atoms with Crippen molar-refractivity contribution in [1.29, 1.82) is 0 Å². The fourth-order valence-electron chi connectivity index (χ4n) is 4.31. The number of rotatable bonds is 6. The monoisotopic (exact) mass is 514 g/mol.